The fourth-order valence-corrected chi connectivity index (χ4v) is 2.53. The van der Waals surface area contributed by atoms with Gasteiger partial charge in [0.05, 0.1) is 0 Å². The molecule has 2 aromatic rings. The number of anilines is 1. The predicted octanol–water partition coefficient (Wildman–Crippen LogP) is 4.93. The van der Waals surface area contributed by atoms with Crippen molar-refractivity contribution in [1.29, 1.82) is 0 Å². The first-order valence-electron chi connectivity index (χ1n) is 7.74. The number of carbonyl (C=O) groups is 1. The summed E-state index contributed by atoms with van der Waals surface area (Å²) < 4.78 is 5.77. The highest BCUT2D eigenvalue weighted by Gasteiger charge is 2.16. The fraction of sp³-hybridized carbons (Fsp3) is 0.316. The van der Waals surface area contributed by atoms with E-state index < -0.39 is 6.10 Å². The molecule has 0 aliphatic rings. The molecule has 3 nitrogen and oxygen atoms in total. The van der Waals surface area contributed by atoms with Crippen LogP contribution in [0.1, 0.15) is 30.5 Å². The third-order valence-electron chi connectivity index (χ3n) is 3.75. The Balaban J connectivity index is 2.08. The SMILES string of the molecule is CCc1ccccc1NC(=O)[C@@H](C)Oc1cc(C)c(Cl)c(C)c1. The number of carbonyl (C=O) groups excluding carboxylic acids is 1. The van der Waals surface area contributed by atoms with Crippen molar-refractivity contribution >= 4 is 23.2 Å². The van der Waals surface area contributed by atoms with E-state index in [0.717, 1.165) is 33.8 Å². The van der Waals surface area contributed by atoms with E-state index in [1.54, 1.807) is 6.92 Å². The number of aryl methyl sites for hydroxylation is 3. The van der Waals surface area contributed by atoms with Crippen LogP contribution >= 0.6 is 11.6 Å². The summed E-state index contributed by atoms with van der Waals surface area (Å²) >= 11 is 6.15. The average molecular weight is 332 g/mol. The van der Waals surface area contributed by atoms with E-state index in [2.05, 4.69) is 12.2 Å². The molecule has 0 aliphatic heterocycles. The van der Waals surface area contributed by atoms with Crippen molar-refractivity contribution < 1.29 is 9.53 Å². The van der Waals surface area contributed by atoms with Crippen LogP contribution in [0.2, 0.25) is 5.02 Å². The number of para-hydroxylation sites is 1. The third kappa shape index (κ3) is 4.26. The minimum absolute atomic E-state index is 0.170. The van der Waals surface area contributed by atoms with E-state index in [1.165, 1.54) is 0 Å². The van der Waals surface area contributed by atoms with Crippen LogP contribution in [0.3, 0.4) is 0 Å². The third-order valence-corrected chi connectivity index (χ3v) is 4.34. The standard InChI is InChI=1S/C19H22ClNO2/c1-5-15-8-6-7-9-17(15)21-19(22)14(4)23-16-10-12(2)18(20)13(3)11-16/h6-11,14H,5H2,1-4H3,(H,21,22)/t14-/m1/s1. The van der Waals surface area contributed by atoms with E-state index >= 15 is 0 Å². The summed E-state index contributed by atoms with van der Waals surface area (Å²) in [5.74, 6) is 0.479. The van der Waals surface area contributed by atoms with Crippen molar-refractivity contribution in [2.45, 2.75) is 40.2 Å². The lowest BCUT2D eigenvalue weighted by Gasteiger charge is -2.17. The van der Waals surface area contributed by atoms with Gasteiger partial charge in [-0.15, -0.1) is 0 Å². The smallest absolute Gasteiger partial charge is 0.265 e. The maximum atomic E-state index is 12.4. The lowest BCUT2D eigenvalue weighted by molar-refractivity contribution is -0.122. The molecule has 0 spiro atoms. The number of nitrogens with one attached hydrogen (secondary N) is 1. The summed E-state index contributed by atoms with van der Waals surface area (Å²) in [4.78, 5) is 12.4. The molecule has 2 rings (SSSR count). The molecule has 0 saturated heterocycles. The van der Waals surface area contributed by atoms with Gasteiger partial charge in [0.1, 0.15) is 5.75 Å². The second-order valence-corrected chi connectivity index (χ2v) is 6.01. The Labute approximate surface area is 142 Å². The molecule has 4 heteroatoms. The Bertz CT molecular complexity index is 689. The highest BCUT2D eigenvalue weighted by atomic mass is 35.5. The van der Waals surface area contributed by atoms with Crippen LogP contribution in [0.4, 0.5) is 5.69 Å². The average Bonchev–Trinajstić information content (AvgIpc) is 2.53. The summed E-state index contributed by atoms with van der Waals surface area (Å²) in [5, 5.41) is 3.66. The minimum Gasteiger partial charge on any atom is -0.481 e. The Morgan fingerprint density at radius 1 is 1.22 bits per heavy atom. The van der Waals surface area contributed by atoms with Gasteiger partial charge in [-0.05, 0) is 62.1 Å². The first-order valence-corrected chi connectivity index (χ1v) is 8.12. The summed E-state index contributed by atoms with van der Waals surface area (Å²) in [5.41, 5.74) is 3.81. The minimum atomic E-state index is -0.597. The number of amides is 1. The van der Waals surface area contributed by atoms with Crippen LogP contribution in [0, 0.1) is 13.8 Å². The maximum absolute atomic E-state index is 12.4. The molecule has 0 radical (unpaired) electrons. The zero-order chi connectivity index (χ0) is 17.0. The Morgan fingerprint density at radius 3 is 2.43 bits per heavy atom. The second-order valence-electron chi connectivity index (χ2n) is 5.63. The van der Waals surface area contributed by atoms with E-state index in [9.17, 15) is 4.79 Å². The number of rotatable bonds is 5. The predicted molar refractivity (Wildman–Crippen MR) is 95.5 cm³/mol. The van der Waals surface area contributed by atoms with E-state index in [-0.39, 0.29) is 5.91 Å². The van der Waals surface area contributed by atoms with Crippen LogP contribution in [-0.2, 0) is 11.2 Å². The normalized spacial score (nSPS) is 11.9. The molecule has 1 amide bonds. The molecule has 1 atom stereocenters. The number of hydrogen-bond donors (Lipinski definition) is 1. The van der Waals surface area contributed by atoms with Gasteiger partial charge in [0, 0.05) is 10.7 Å². The zero-order valence-corrected chi connectivity index (χ0v) is 14.7. The van der Waals surface area contributed by atoms with Gasteiger partial charge in [-0.1, -0.05) is 36.7 Å². The van der Waals surface area contributed by atoms with Crippen molar-refractivity contribution in [3.63, 3.8) is 0 Å². The van der Waals surface area contributed by atoms with Crippen molar-refractivity contribution in [1.82, 2.24) is 0 Å². The highest BCUT2D eigenvalue weighted by Crippen LogP contribution is 2.26. The van der Waals surface area contributed by atoms with Gasteiger partial charge in [0.25, 0.3) is 5.91 Å². The number of hydrogen-bond acceptors (Lipinski definition) is 2. The van der Waals surface area contributed by atoms with Crippen LogP contribution < -0.4 is 10.1 Å². The zero-order valence-electron chi connectivity index (χ0n) is 13.9. The quantitative estimate of drug-likeness (QED) is 0.844. The molecule has 2 aromatic carbocycles. The first kappa shape index (κ1) is 17.4. The van der Waals surface area contributed by atoms with Gasteiger partial charge >= 0.3 is 0 Å². The van der Waals surface area contributed by atoms with Crippen LogP contribution in [0.15, 0.2) is 36.4 Å². The Hall–Kier alpha value is -2.00. The molecule has 122 valence electrons. The van der Waals surface area contributed by atoms with Crippen molar-refractivity contribution in [3.8, 4) is 5.75 Å². The molecule has 0 aliphatic carbocycles. The summed E-state index contributed by atoms with van der Waals surface area (Å²) in [6, 6.07) is 11.5. The molecule has 0 bridgehead atoms. The summed E-state index contributed by atoms with van der Waals surface area (Å²) in [6.07, 6.45) is 0.265. The lowest BCUT2D eigenvalue weighted by Crippen LogP contribution is -2.30. The van der Waals surface area contributed by atoms with E-state index in [4.69, 9.17) is 16.3 Å². The molecular weight excluding hydrogens is 310 g/mol. The highest BCUT2D eigenvalue weighted by molar-refractivity contribution is 6.32. The second kappa shape index (κ2) is 7.51. The van der Waals surface area contributed by atoms with Gasteiger partial charge in [-0.3, -0.25) is 4.79 Å². The summed E-state index contributed by atoms with van der Waals surface area (Å²) in [6.45, 7) is 7.64. The van der Waals surface area contributed by atoms with E-state index in [0.29, 0.717) is 5.75 Å². The van der Waals surface area contributed by atoms with Gasteiger partial charge < -0.3 is 10.1 Å². The van der Waals surface area contributed by atoms with Crippen LogP contribution in [0.25, 0.3) is 0 Å². The van der Waals surface area contributed by atoms with Gasteiger partial charge in [0.15, 0.2) is 6.10 Å². The first-order chi connectivity index (χ1) is 10.9. The molecule has 0 unspecified atom stereocenters. The maximum Gasteiger partial charge on any atom is 0.265 e. The molecule has 0 fully saturated rings. The molecular formula is C19H22ClNO2. The Morgan fingerprint density at radius 2 is 1.83 bits per heavy atom. The molecule has 23 heavy (non-hydrogen) atoms. The molecule has 0 saturated carbocycles. The number of benzene rings is 2. The van der Waals surface area contributed by atoms with Gasteiger partial charge in [-0.25, -0.2) is 0 Å². The van der Waals surface area contributed by atoms with Crippen molar-refractivity contribution in [2.75, 3.05) is 5.32 Å². The van der Waals surface area contributed by atoms with Gasteiger partial charge in [-0.2, -0.15) is 0 Å². The van der Waals surface area contributed by atoms with E-state index in [1.807, 2.05) is 50.2 Å². The largest absolute Gasteiger partial charge is 0.481 e. The number of halogens is 1. The van der Waals surface area contributed by atoms with Crippen LogP contribution in [-0.4, -0.2) is 12.0 Å². The van der Waals surface area contributed by atoms with Gasteiger partial charge in [0.2, 0.25) is 0 Å². The topological polar surface area (TPSA) is 38.3 Å². The lowest BCUT2D eigenvalue weighted by atomic mass is 10.1. The van der Waals surface area contributed by atoms with Crippen molar-refractivity contribution in [3.05, 3.63) is 58.1 Å². The molecule has 0 aromatic heterocycles. The summed E-state index contributed by atoms with van der Waals surface area (Å²) in [7, 11) is 0. The van der Waals surface area contributed by atoms with Crippen LogP contribution in [0.5, 0.6) is 5.75 Å². The fourth-order valence-electron chi connectivity index (χ4n) is 2.42. The monoisotopic (exact) mass is 331 g/mol. The Kier molecular flexibility index (Phi) is 5.67. The molecule has 1 N–H and O–H groups in total. The van der Waals surface area contributed by atoms with Crippen molar-refractivity contribution in [2.24, 2.45) is 0 Å². The number of ether oxygens (including phenoxy) is 1. The molecule has 0 heterocycles.